The van der Waals surface area contributed by atoms with Gasteiger partial charge >= 0.3 is 0 Å². The number of carbonyl (C=O) groups excluding carboxylic acids is 1. The fourth-order valence-corrected chi connectivity index (χ4v) is 3.02. The summed E-state index contributed by atoms with van der Waals surface area (Å²) >= 11 is 5.17. The van der Waals surface area contributed by atoms with E-state index in [1.807, 2.05) is 42.5 Å². The molecule has 9 heteroatoms. The van der Waals surface area contributed by atoms with Crippen molar-refractivity contribution in [3.05, 3.63) is 59.9 Å². The fraction of sp³-hybridized carbons (Fsp3) is 0.143. The number of ether oxygens (including phenoxy) is 3. The number of amides is 1. The molecule has 0 aliphatic carbocycles. The number of para-hydroxylation sites is 1. The molecule has 0 bridgehead atoms. The van der Waals surface area contributed by atoms with E-state index in [2.05, 4.69) is 16.2 Å². The van der Waals surface area contributed by atoms with Crippen molar-refractivity contribution in [2.75, 3.05) is 13.9 Å². The molecule has 3 N–H and O–H groups in total. The Kier molecular flexibility index (Phi) is 5.71. The van der Waals surface area contributed by atoms with Crippen LogP contribution >= 0.6 is 12.2 Å². The van der Waals surface area contributed by atoms with E-state index < -0.39 is 0 Å². The van der Waals surface area contributed by atoms with Gasteiger partial charge in [-0.25, -0.2) is 0 Å². The quantitative estimate of drug-likeness (QED) is 0.326. The van der Waals surface area contributed by atoms with Crippen LogP contribution in [0.5, 0.6) is 17.2 Å². The molecule has 0 radical (unpaired) electrons. The summed E-state index contributed by atoms with van der Waals surface area (Å²) in [5, 5.41) is 4.17. The van der Waals surface area contributed by atoms with Gasteiger partial charge in [0.05, 0.1) is 7.11 Å². The summed E-state index contributed by atoms with van der Waals surface area (Å²) in [5.41, 5.74) is 6.74. The summed E-state index contributed by atoms with van der Waals surface area (Å²) in [7, 11) is 1.58. The predicted octanol–water partition coefficient (Wildman–Crippen LogP) is 2.88. The Morgan fingerprint density at radius 1 is 1.17 bits per heavy atom. The standard InChI is InChI=1S/C21H19N3O5S/c1-26-17-4-2-3-14-10-15(29-20(14)17)6-8-19(25)23-24-21(30)22-11-13-5-7-16-18(9-13)28-12-27-16/h2-10H,11-12H2,1H3,(H,23,25)(H2,22,24,30)/b8-6+. The highest BCUT2D eigenvalue weighted by Crippen LogP contribution is 2.32. The summed E-state index contributed by atoms with van der Waals surface area (Å²) in [6, 6.07) is 13.0. The van der Waals surface area contributed by atoms with Crippen LogP contribution in [0.1, 0.15) is 11.3 Å². The third-order valence-corrected chi connectivity index (χ3v) is 4.58. The number of rotatable bonds is 5. The van der Waals surface area contributed by atoms with Gasteiger partial charge in [0, 0.05) is 18.0 Å². The van der Waals surface area contributed by atoms with Crippen LogP contribution in [0, 0.1) is 0 Å². The molecule has 2 aromatic carbocycles. The van der Waals surface area contributed by atoms with E-state index >= 15 is 0 Å². The van der Waals surface area contributed by atoms with Crippen LogP contribution in [0.15, 0.2) is 53.0 Å². The third-order valence-electron chi connectivity index (χ3n) is 4.34. The predicted molar refractivity (Wildman–Crippen MR) is 115 cm³/mol. The van der Waals surface area contributed by atoms with Crippen molar-refractivity contribution in [2.24, 2.45) is 0 Å². The van der Waals surface area contributed by atoms with Gasteiger partial charge in [-0.05, 0) is 48.1 Å². The number of furan rings is 1. The molecule has 0 unspecified atom stereocenters. The van der Waals surface area contributed by atoms with Crippen LogP contribution in [0.2, 0.25) is 0 Å². The van der Waals surface area contributed by atoms with E-state index in [-0.39, 0.29) is 17.8 Å². The van der Waals surface area contributed by atoms with Crippen molar-refractivity contribution in [3.8, 4) is 17.2 Å². The summed E-state index contributed by atoms with van der Waals surface area (Å²) < 4.78 is 21.6. The molecule has 8 nitrogen and oxygen atoms in total. The number of fused-ring (bicyclic) bond motifs is 2. The monoisotopic (exact) mass is 425 g/mol. The van der Waals surface area contributed by atoms with Crippen molar-refractivity contribution in [2.45, 2.75) is 6.54 Å². The highest BCUT2D eigenvalue weighted by Gasteiger charge is 2.13. The minimum absolute atomic E-state index is 0.229. The van der Waals surface area contributed by atoms with Crippen LogP contribution < -0.4 is 30.4 Å². The SMILES string of the molecule is COc1cccc2cc(/C=C/C(=O)NNC(=S)NCc3ccc4c(c3)OCO4)oc12. The lowest BCUT2D eigenvalue weighted by Gasteiger charge is -2.10. The Hall–Kier alpha value is -3.72. The van der Waals surface area contributed by atoms with E-state index in [0.29, 0.717) is 29.4 Å². The first-order valence-electron chi connectivity index (χ1n) is 9.09. The smallest absolute Gasteiger partial charge is 0.262 e. The molecule has 0 fully saturated rings. The number of hydrogen-bond acceptors (Lipinski definition) is 6. The molecule has 0 atom stereocenters. The zero-order valence-electron chi connectivity index (χ0n) is 16.1. The highest BCUT2D eigenvalue weighted by atomic mass is 32.1. The lowest BCUT2D eigenvalue weighted by atomic mass is 10.2. The first-order chi connectivity index (χ1) is 14.6. The second-order valence-corrected chi connectivity index (χ2v) is 6.75. The molecule has 154 valence electrons. The van der Waals surface area contributed by atoms with E-state index in [4.69, 9.17) is 30.8 Å². The molecule has 2 heterocycles. The molecule has 1 amide bonds. The Labute approximate surface area is 177 Å². The van der Waals surface area contributed by atoms with Gasteiger partial charge in [-0.1, -0.05) is 18.2 Å². The van der Waals surface area contributed by atoms with Crippen LogP contribution in [-0.4, -0.2) is 24.9 Å². The van der Waals surface area contributed by atoms with Crippen molar-refractivity contribution >= 4 is 40.3 Å². The average Bonchev–Trinajstić information content (AvgIpc) is 3.40. The molecule has 1 aliphatic heterocycles. The molecular weight excluding hydrogens is 406 g/mol. The summed E-state index contributed by atoms with van der Waals surface area (Å²) in [4.78, 5) is 12.0. The maximum absolute atomic E-state index is 12.0. The zero-order chi connectivity index (χ0) is 20.9. The summed E-state index contributed by atoms with van der Waals surface area (Å²) in [5.74, 6) is 2.22. The van der Waals surface area contributed by atoms with Gasteiger partial charge in [-0.3, -0.25) is 15.6 Å². The molecule has 3 aromatic rings. The maximum atomic E-state index is 12.0. The van der Waals surface area contributed by atoms with Gasteiger partial charge in [0.15, 0.2) is 27.9 Å². The number of thiocarbonyl (C=S) groups is 1. The van der Waals surface area contributed by atoms with Crippen molar-refractivity contribution in [1.29, 1.82) is 0 Å². The number of hydrogen-bond donors (Lipinski definition) is 3. The molecule has 0 saturated heterocycles. The van der Waals surface area contributed by atoms with Gasteiger partial charge in [0.1, 0.15) is 5.76 Å². The summed E-state index contributed by atoms with van der Waals surface area (Å²) in [6.07, 6.45) is 2.91. The van der Waals surface area contributed by atoms with Gasteiger partial charge in [0.2, 0.25) is 6.79 Å². The van der Waals surface area contributed by atoms with E-state index in [0.717, 1.165) is 16.7 Å². The number of methoxy groups -OCH3 is 1. The molecule has 1 aromatic heterocycles. The lowest BCUT2D eigenvalue weighted by Crippen LogP contribution is -2.45. The minimum atomic E-state index is -0.380. The molecule has 4 rings (SSSR count). The van der Waals surface area contributed by atoms with E-state index in [9.17, 15) is 4.79 Å². The highest BCUT2D eigenvalue weighted by molar-refractivity contribution is 7.80. The molecular formula is C21H19N3O5S. The normalized spacial score (nSPS) is 12.2. The molecule has 0 spiro atoms. The topological polar surface area (TPSA) is 94.0 Å². The Bertz CT molecular complexity index is 1130. The molecule has 0 saturated carbocycles. The van der Waals surface area contributed by atoms with E-state index in [1.54, 1.807) is 13.2 Å². The number of hydrazine groups is 1. The number of benzene rings is 2. The van der Waals surface area contributed by atoms with Crippen LogP contribution in [0.25, 0.3) is 17.0 Å². The second-order valence-electron chi connectivity index (χ2n) is 6.35. The summed E-state index contributed by atoms with van der Waals surface area (Å²) in [6.45, 7) is 0.697. The van der Waals surface area contributed by atoms with Crippen molar-refractivity contribution < 1.29 is 23.4 Å². The van der Waals surface area contributed by atoms with Crippen molar-refractivity contribution in [3.63, 3.8) is 0 Å². The zero-order valence-corrected chi connectivity index (χ0v) is 16.9. The van der Waals surface area contributed by atoms with Gasteiger partial charge in [-0.15, -0.1) is 0 Å². The van der Waals surface area contributed by atoms with Crippen LogP contribution in [0.4, 0.5) is 0 Å². The van der Waals surface area contributed by atoms with Crippen LogP contribution in [-0.2, 0) is 11.3 Å². The largest absolute Gasteiger partial charge is 0.493 e. The second kappa shape index (κ2) is 8.75. The first kappa shape index (κ1) is 19.6. The fourth-order valence-electron chi connectivity index (χ4n) is 2.89. The lowest BCUT2D eigenvalue weighted by molar-refractivity contribution is -0.116. The van der Waals surface area contributed by atoms with Crippen molar-refractivity contribution in [1.82, 2.24) is 16.2 Å². The first-order valence-corrected chi connectivity index (χ1v) is 9.50. The van der Waals surface area contributed by atoms with Gasteiger partial charge in [0.25, 0.3) is 5.91 Å². The van der Waals surface area contributed by atoms with E-state index in [1.165, 1.54) is 6.08 Å². The Morgan fingerprint density at radius 2 is 2.03 bits per heavy atom. The molecule has 30 heavy (non-hydrogen) atoms. The average molecular weight is 425 g/mol. The minimum Gasteiger partial charge on any atom is -0.493 e. The Morgan fingerprint density at radius 3 is 2.90 bits per heavy atom. The number of nitrogens with one attached hydrogen (secondary N) is 3. The maximum Gasteiger partial charge on any atom is 0.262 e. The van der Waals surface area contributed by atoms with Gasteiger partial charge in [-0.2, -0.15) is 0 Å². The third kappa shape index (κ3) is 4.47. The van der Waals surface area contributed by atoms with Gasteiger partial charge < -0.3 is 23.9 Å². The number of carbonyl (C=O) groups is 1. The Balaban J connectivity index is 1.25. The van der Waals surface area contributed by atoms with Crippen LogP contribution in [0.3, 0.4) is 0 Å². The molecule has 1 aliphatic rings.